The van der Waals surface area contributed by atoms with E-state index in [4.69, 9.17) is 13.9 Å². The fourth-order valence-electron chi connectivity index (χ4n) is 5.47. The predicted octanol–water partition coefficient (Wildman–Crippen LogP) is 3.32. The van der Waals surface area contributed by atoms with Crippen molar-refractivity contribution in [2.24, 2.45) is 17.3 Å². The molecule has 5 unspecified atom stereocenters. The zero-order valence-electron chi connectivity index (χ0n) is 13.6. The smallest absolute Gasteiger partial charge is 0.334 e. The highest BCUT2D eigenvalue weighted by molar-refractivity contribution is 5.93. The Morgan fingerprint density at radius 3 is 2.88 bits per heavy atom. The first-order valence-corrected chi connectivity index (χ1v) is 8.79. The van der Waals surface area contributed by atoms with Crippen molar-refractivity contribution >= 4 is 11.9 Å². The van der Waals surface area contributed by atoms with Crippen LogP contribution in [0.2, 0.25) is 0 Å². The summed E-state index contributed by atoms with van der Waals surface area (Å²) in [6, 6.07) is 3.68. The molecule has 1 aromatic heterocycles. The van der Waals surface area contributed by atoms with E-state index in [0.717, 1.165) is 30.4 Å². The van der Waals surface area contributed by atoms with E-state index in [9.17, 15) is 9.59 Å². The first-order valence-electron chi connectivity index (χ1n) is 8.79. The molecule has 3 heterocycles. The second kappa shape index (κ2) is 4.74. The van der Waals surface area contributed by atoms with E-state index in [0.29, 0.717) is 18.6 Å². The Labute approximate surface area is 140 Å². The molecule has 2 aliphatic heterocycles. The van der Waals surface area contributed by atoms with Gasteiger partial charge in [-0.15, -0.1) is 0 Å². The summed E-state index contributed by atoms with van der Waals surface area (Å²) in [7, 11) is 0. The van der Waals surface area contributed by atoms with E-state index in [-0.39, 0.29) is 36.0 Å². The molecule has 5 nitrogen and oxygen atoms in total. The van der Waals surface area contributed by atoms with Crippen molar-refractivity contribution in [1.82, 2.24) is 0 Å². The maximum atomic E-state index is 13.0. The van der Waals surface area contributed by atoms with Crippen molar-refractivity contribution in [3.63, 3.8) is 0 Å². The molecule has 126 valence electrons. The molecular weight excluding hydrogens is 308 g/mol. The van der Waals surface area contributed by atoms with E-state index >= 15 is 0 Å². The van der Waals surface area contributed by atoms with Gasteiger partial charge in [-0.05, 0) is 49.3 Å². The van der Waals surface area contributed by atoms with Crippen molar-refractivity contribution in [3.05, 3.63) is 35.3 Å². The lowest BCUT2D eigenvalue weighted by atomic mass is 9.54. The van der Waals surface area contributed by atoms with Crippen LogP contribution >= 0.6 is 0 Å². The Bertz CT molecular complexity index is 746. The summed E-state index contributed by atoms with van der Waals surface area (Å²) in [6.45, 7) is 2.10. The van der Waals surface area contributed by atoms with Crippen LogP contribution in [0.5, 0.6) is 0 Å². The van der Waals surface area contributed by atoms with Crippen LogP contribution in [-0.2, 0) is 19.1 Å². The van der Waals surface area contributed by atoms with Crippen molar-refractivity contribution in [2.45, 2.75) is 51.2 Å². The lowest BCUT2D eigenvalue weighted by Gasteiger charge is -2.47. The summed E-state index contributed by atoms with van der Waals surface area (Å²) in [5.74, 6) is 0.590. The van der Waals surface area contributed by atoms with Gasteiger partial charge >= 0.3 is 11.9 Å². The van der Waals surface area contributed by atoms with Crippen LogP contribution in [0.4, 0.5) is 0 Å². The SMILES string of the molecule is CC1CC2OC(=O)C3=C2C(CCC3)C12CC(c1ccco1)OC2=O. The summed E-state index contributed by atoms with van der Waals surface area (Å²) < 4.78 is 16.8. The molecule has 0 amide bonds. The Morgan fingerprint density at radius 1 is 1.21 bits per heavy atom. The summed E-state index contributed by atoms with van der Waals surface area (Å²) in [5.41, 5.74) is 1.38. The third kappa shape index (κ3) is 1.65. The van der Waals surface area contributed by atoms with Crippen molar-refractivity contribution in [1.29, 1.82) is 0 Å². The molecule has 4 aliphatic rings. The van der Waals surface area contributed by atoms with Crippen LogP contribution in [0.1, 0.15) is 50.9 Å². The third-order valence-corrected chi connectivity index (χ3v) is 6.57. The van der Waals surface area contributed by atoms with E-state index in [2.05, 4.69) is 6.92 Å². The molecule has 1 spiro atoms. The lowest BCUT2D eigenvalue weighted by Crippen LogP contribution is -2.49. The van der Waals surface area contributed by atoms with Gasteiger partial charge in [0.2, 0.25) is 0 Å². The minimum absolute atomic E-state index is 0.0638. The largest absolute Gasteiger partial charge is 0.465 e. The summed E-state index contributed by atoms with van der Waals surface area (Å²) in [4.78, 5) is 25.2. The number of rotatable bonds is 1. The summed E-state index contributed by atoms with van der Waals surface area (Å²) in [5, 5.41) is 0. The fraction of sp³-hybridized carbons (Fsp3) is 0.579. The minimum Gasteiger partial charge on any atom is -0.465 e. The van der Waals surface area contributed by atoms with Crippen LogP contribution in [0, 0.1) is 17.3 Å². The molecule has 5 atom stereocenters. The highest BCUT2D eigenvalue weighted by Gasteiger charge is 2.64. The van der Waals surface area contributed by atoms with Crippen molar-refractivity contribution in [3.8, 4) is 0 Å². The van der Waals surface area contributed by atoms with Crippen molar-refractivity contribution in [2.75, 3.05) is 0 Å². The number of hydrogen-bond donors (Lipinski definition) is 0. The van der Waals surface area contributed by atoms with Crippen LogP contribution in [0.25, 0.3) is 0 Å². The number of carbonyl (C=O) groups excluding carboxylic acids is 2. The van der Waals surface area contributed by atoms with Crippen molar-refractivity contribution < 1.29 is 23.5 Å². The fourth-order valence-corrected chi connectivity index (χ4v) is 5.47. The molecule has 2 fully saturated rings. The number of cyclic esters (lactones) is 1. The Morgan fingerprint density at radius 2 is 2.08 bits per heavy atom. The number of hydrogen-bond acceptors (Lipinski definition) is 5. The van der Waals surface area contributed by atoms with Gasteiger partial charge in [0, 0.05) is 17.9 Å². The van der Waals surface area contributed by atoms with Gasteiger partial charge in [-0.25, -0.2) is 4.79 Å². The highest BCUT2D eigenvalue weighted by Crippen LogP contribution is 2.62. The van der Waals surface area contributed by atoms with Crippen LogP contribution in [0.3, 0.4) is 0 Å². The first kappa shape index (κ1) is 14.3. The van der Waals surface area contributed by atoms with Gasteiger partial charge in [0.25, 0.3) is 0 Å². The van der Waals surface area contributed by atoms with Gasteiger partial charge in [-0.1, -0.05) is 6.92 Å². The van der Waals surface area contributed by atoms with Gasteiger partial charge < -0.3 is 13.9 Å². The molecule has 0 N–H and O–H groups in total. The van der Waals surface area contributed by atoms with Gasteiger partial charge in [0.05, 0.1) is 11.7 Å². The normalized spacial score (nSPS) is 40.7. The van der Waals surface area contributed by atoms with Gasteiger partial charge in [-0.3, -0.25) is 4.79 Å². The maximum absolute atomic E-state index is 13.0. The highest BCUT2D eigenvalue weighted by atomic mass is 16.6. The van der Waals surface area contributed by atoms with Crippen LogP contribution < -0.4 is 0 Å². The zero-order chi connectivity index (χ0) is 16.5. The molecule has 1 saturated heterocycles. The predicted molar refractivity (Wildman–Crippen MR) is 82.6 cm³/mol. The average molecular weight is 328 g/mol. The quantitative estimate of drug-likeness (QED) is 0.740. The van der Waals surface area contributed by atoms with Gasteiger partial charge in [0.15, 0.2) is 6.10 Å². The van der Waals surface area contributed by atoms with Gasteiger partial charge in [-0.2, -0.15) is 0 Å². The van der Waals surface area contributed by atoms with Gasteiger partial charge in [0.1, 0.15) is 11.9 Å². The van der Waals surface area contributed by atoms with E-state index < -0.39 is 5.41 Å². The van der Waals surface area contributed by atoms with E-state index in [1.807, 2.05) is 12.1 Å². The Hall–Kier alpha value is -2.04. The third-order valence-electron chi connectivity index (χ3n) is 6.57. The molecule has 5 heteroatoms. The molecule has 0 radical (unpaired) electrons. The second-order valence-electron chi connectivity index (χ2n) is 7.56. The number of furan rings is 1. The first-order chi connectivity index (χ1) is 11.6. The average Bonchev–Trinajstić information content (AvgIpc) is 3.26. The molecule has 0 bridgehead atoms. The number of fused-ring (bicyclic) bond motifs is 1. The van der Waals surface area contributed by atoms with Crippen LogP contribution in [-0.4, -0.2) is 18.0 Å². The molecule has 2 aliphatic carbocycles. The Kier molecular flexibility index (Phi) is 2.83. The lowest BCUT2D eigenvalue weighted by molar-refractivity contribution is -0.157. The van der Waals surface area contributed by atoms with E-state index in [1.54, 1.807) is 6.26 Å². The monoisotopic (exact) mass is 328 g/mol. The zero-order valence-corrected chi connectivity index (χ0v) is 13.6. The maximum Gasteiger partial charge on any atom is 0.334 e. The summed E-state index contributed by atoms with van der Waals surface area (Å²) >= 11 is 0. The number of ether oxygens (including phenoxy) is 2. The minimum atomic E-state index is -0.553. The number of carbonyl (C=O) groups is 2. The topological polar surface area (TPSA) is 65.7 Å². The summed E-state index contributed by atoms with van der Waals surface area (Å²) in [6.07, 6.45) is 5.13. The molecule has 1 saturated carbocycles. The van der Waals surface area contributed by atoms with Crippen LogP contribution in [0.15, 0.2) is 34.0 Å². The molecule has 5 rings (SSSR count). The van der Waals surface area contributed by atoms with E-state index in [1.165, 1.54) is 0 Å². The molecular formula is C19H20O5. The molecule has 1 aromatic rings. The second-order valence-corrected chi connectivity index (χ2v) is 7.56. The Balaban J connectivity index is 1.59. The molecule has 24 heavy (non-hydrogen) atoms. The standard InChI is InChI=1S/C19H20O5/c1-10-8-14-16-11(17(20)23-14)4-2-5-12(16)19(10)9-15(24-18(19)21)13-6-3-7-22-13/h3,6-7,10,12,14-15H,2,4-5,8-9H2,1H3. The number of esters is 2. The molecule has 0 aromatic carbocycles.